The van der Waals surface area contributed by atoms with Crippen LogP contribution in [0.1, 0.15) is 37.4 Å². The summed E-state index contributed by atoms with van der Waals surface area (Å²) in [6, 6.07) is 11.3. The number of ether oxygens (including phenoxy) is 2. The summed E-state index contributed by atoms with van der Waals surface area (Å²) in [4.78, 5) is 21.7. The molecule has 1 aliphatic heterocycles. The minimum atomic E-state index is -0.119. The van der Waals surface area contributed by atoms with Crippen molar-refractivity contribution in [3.63, 3.8) is 0 Å². The molecule has 4 aromatic rings. The maximum atomic E-state index is 12.5. The summed E-state index contributed by atoms with van der Waals surface area (Å²) in [7, 11) is 3.15. The zero-order valence-corrected chi connectivity index (χ0v) is 19.3. The van der Waals surface area contributed by atoms with Crippen LogP contribution in [-0.4, -0.2) is 39.8 Å². The van der Waals surface area contributed by atoms with Crippen LogP contribution < -0.4 is 14.8 Å². The fraction of sp³-hybridized carbons (Fsp3) is 0.360. The van der Waals surface area contributed by atoms with Gasteiger partial charge in [0, 0.05) is 37.1 Å². The second-order valence-corrected chi connectivity index (χ2v) is 8.32. The predicted molar refractivity (Wildman–Crippen MR) is 127 cm³/mol. The van der Waals surface area contributed by atoms with Crippen molar-refractivity contribution in [2.24, 2.45) is 0 Å². The molecule has 1 N–H and O–H groups in total. The number of aryl methyl sites for hydroxylation is 3. The molecule has 0 radical (unpaired) electrons. The van der Waals surface area contributed by atoms with Crippen LogP contribution in [0.4, 0.5) is 5.69 Å². The molecule has 3 heterocycles. The first-order chi connectivity index (χ1) is 16.6. The largest absolute Gasteiger partial charge is 0.493 e. The highest BCUT2D eigenvalue weighted by atomic mass is 16.5. The van der Waals surface area contributed by atoms with Gasteiger partial charge in [0.1, 0.15) is 5.82 Å². The van der Waals surface area contributed by atoms with Crippen molar-refractivity contribution in [2.45, 2.75) is 45.1 Å². The molecular weight excluding hydrogens is 434 g/mol. The zero-order chi connectivity index (χ0) is 23.5. The molecule has 9 nitrogen and oxygen atoms in total. The third-order valence-corrected chi connectivity index (χ3v) is 6.07. The standard InChI is InChI=1S/C25H27N5O4/c1-32-20-10-7-16(14-21(20)33-2)25-28-24(34-29-25)12-11-23(31)26-17-8-9-19-18(15-17)27-22-6-4-3-5-13-30(19)22/h7-10,14-15H,3-6,11-13H2,1-2H3,(H,26,31). The van der Waals surface area contributed by atoms with Crippen LogP contribution in [0.15, 0.2) is 40.9 Å². The number of nitrogens with one attached hydrogen (secondary N) is 1. The summed E-state index contributed by atoms with van der Waals surface area (Å²) < 4.78 is 18.2. The topological polar surface area (TPSA) is 104 Å². The monoisotopic (exact) mass is 461 g/mol. The number of carbonyl (C=O) groups excluding carboxylic acids is 1. The molecule has 0 saturated carbocycles. The van der Waals surface area contributed by atoms with E-state index in [2.05, 4.69) is 20.0 Å². The van der Waals surface area contributed by atoms with Crippen molar-refractivity contribution < 1.29 is 18.8 Å². The molecule has 0 aliphatic carbocycles. The molecule has 1 amide bonds. The Morgan fingerprint density at radius 1 is 1.06 bits per heavy atom. The van der Waals surface area contributed by atoms with Crippen molar-refractivity contribution in [1.29, 1.82) is 0 Å². The normalized spacial score (nSPS) is 13.4. The maximum Gasteiger partial charge on any atom is 0.227 e. The molecule has 2 aromatic heterocycles. The van der Waals surface area contributed by atoms with Crippen molar-refractivity contribution in [3.05, 3.63) is 48.1 Å². The Morgan fingerprint density at radius 3 is 2.79 bits per heavy atom. The number of imidazole rings is 1. The van der Waals surface area contributed by atoms with E-state index >= 15 is 0 Å². The van der Waals surface area contributed by atoms with E-state index in [1.165, 1.54) is 19.3 Å². The molecule has 9 heteroatoms. The van der Waals surface area contributed by atoms with Crippen LogP contribution in [0.3, 0.4) is 0 Å². The first-order valence-electron chi connectivity index (χ1n) is 11.5. The molecule has 2 aromatic carbocycles. The van der Waals surface area contributed by atoms with Gasteiger partial charge in [-0.15, -0.1) is 0 Å². The van der Waals surface area contributed by atoms with E-state index in [-0.39, 0.29) is 12.3 Å². The highest BCUT2D eigenvalue weighted by Gasteiger charge is 2.16. The number of anilines is 1. The minimum absolute atomic E-state index is 0.119. The number of methoxy groups -OCH3 is 2. The summed E-state index contributed by atoms with van der Waals surface area (Å²) >= 11 is 0. The van der Waals surface area contributed by atoms with Gasteiger partial charge < -0.3 is 23.9 Å². The lowest BCUT2D eigenvalue weighted by Crippen LogP contribution is -2.12. The van der Waals surface area contributed by atoms with E-state index in [1.807, 2.05) is 24.3 Å². The number of aromatic nitrogens is 4. The van der Waals surface area contributed by atoms with Gasteiger partial charge >= 0.3 is 0 Å². The number of rotatable bonds is 7. The van der Waals surface area contributed by atoms with Crippen LogP contribution in [0.5, 0.6) is 11.5 Å². The van der Waals surface area contributed by atoms with Gasteiger partial charge in [-0.1, -0.05) is 11.6 Å². The van der Waals surface area contributed by atoms with Crippen LogP contribution in [0.25, 0.3) is 22.4 Å². The van der Waals surface area contributed by atoms with Gasteiger partial charge in [0.25, 0.3) is 0 Å². The summed E-state index contributed by atoms with van der Waals surface area (Å²) in [5.41, 5.74) is 3.53. The number of hydrogen-bond acceptors (Lipinski definition) is 7. The van der Waals surface area contributed by atoms with E-state index in [9.17, 15) is 4.79 Å². The van der Waals surface area contributed by atoms with Crippen LogP contribution >= 0.6 is 0 Å². The van der Waals surface area contributed by atoms with Gasteiger partial charge in [-0.05, 0) is 49.2 Å². The second-order valence-electron chi connectivity index (χ2n) is 8.32. The Balaban J connectivity index is 1.21. The lowest BCUT2D eigenvalue weighted by atomic mass is 10.2. The molecular formula is C25H27N5O4. The van der Waals surface area contributed by atoms with E-state index in [1.54, 1.807) is 26.4 Å². The maximum absolute atomic E-state index is 12.5. The minimum Gasteiger partial charge on any atom is -0.493 e. The number of hydrogen-bond donors (Lipinski definition) is 1. The average Bonchev–Trinajstić information content (AvgIpc) is 3.39. The van der Waals surface area contributed by atoms with E-state index in [4.69, 9.17) is 19.0 Å². The van der Waals surface area contributed by atoms with Gasteiger partial charge in [-0.2, -0.15) is 4.98 Å². The number of nitrogens with zero attached hydrogens (tertiary/aromatic N) is 4. The number of carbonyl (C=O) groups is 1. The molecule has 0 unspecified atom stereocenters. The van der Waals surface area contributed by atoms with Crippen molar-refractivity contribution in [3.8, 4) is 22.9 Å². The van der Waals surface area contributed by atoms with E-state index in [0.717, 1.165) is 41.1 Å². The molecule has 5 rings (SSSR count). The molecule has 34 heavy (non-hydrogen) atoms. The van der Waals surface area contributed by atoms with Gasteiger partial charge in [-0.25, -0.2) is 4.98 Å². The Morgan fingerprint density at radius 2 is 1.94 bits per heavy atom. The second kappa shape index (κ2) is 9.54. The molecule has 0 fully saturated rings. The molecule has 176 valence electrons. The fourth-order valence-corrected chi connectivity index (χ4v) is 4.32. The first-order valence-corrected chi connectivity index (χ1v) is 11.5. The van der Waals surface area contributed by atoms with Crippen LogP contribution in [0, 0.1) is 0 Å². The lowest BCUT2D eigenvalue weighted by Gasteiger charge is -2.07. The number of fused-ring (bicyclic) bond motifs is 3. The first kappa shape index (κ1) is 21.9. The number of benzene rings is 2. The highest BCUT2D eigenvalue weighted by molar-refractivity contribution is 5.93. The fourth-order valence-electron chi connectivity index (χ4n) is 4.32. The summed E-state index contributed by atoms with van der Waals surface area (Å²) in [6.07, 6.45) is 5.18. The quantitative estimate of drug-likeness (QED) is 0.435. The molecule has 0 atom stereocenters. The summed E-state index contributed by atoms with van der Waals surface area (Å²) in [5, 5.41) is 6.98. The number of amides is 1. The third-order valence-electron chi connectivity index (χ3n) is 6.07. The summed E-state index contributed by atoms with van der Waals surface area (Å²) in [6.45, 7) is 1.01. The van der Waals surface area contributed by atoms with Crippen molar-refractivity contribution in [1.82, 2.24) is 19.7 Å². The van der Waals surface area contributed by atoms with Gasteiger partial charge in [0.05, 0.1) is 25.3 Å². The summed E-state index contributed by atoms with van der Waals surface area (Å²) in [5.74, 6) is 3.05. The SMILES string of the molecule is COc1ccc(-c2noc(CCC(=O)Nc3ccc4c(c3)nc3n4CCCCC3)n2)cc1OC. The van der Waals surface area contributed by atoms with E-state index < -0.39 is 0 Å². The van der Waals surface area contributed by atoms with Gasteiger partial charge in [-0.3, -0.25) is 4.79 Å². The van der Waals surface area contributed by atoms with Crippen molar-refractivity contribution >= 4 is 22.6 Å². The van der Waals surface area contributed by atoms with Crippen LogP contribution in [0.2, 0.25) is 0 Å². The lowest BCUT2D eigenvalue weighted by molar-refractivity contribution is -0.116. The predicted octanol–water partition coefficient (Wildman–Crippen LogP) is 4.40. The molecule has 0 saturated heterocycles. The highest BCUT2D eigenvalue weighted by Crippen LogP contribution is 2.31. The third kappa shape index (κ3) is 4.46. The van der Waals surface area contributed by atoms with Crippen molar-refractivity contribution in [2.75, 3.05) is 19.5 Å². The Kier molecular flexibility index (Phi) is 6.16. The average molecular weight is 462 g/mol. The van der Waals surface area contributed by atoms with Gasteiger partial charge in [0.2, 0.25) is 17.6 Å². The van der Waals surface area contributed by atoms with E-state index in [0.29, 0.717) is 29.6 Å². The molecule has 0 spiro atoms. The molecule has 1 aliphatic rings. The smallest absolute Gasteiger partial charge is 0.227 e. The Bertz CT molecular complexity index is 1330. The Labute approximate surface area is 197 Å². The molecule has 0 bridgehead atoms. The zero-order valence-electron chi connectivity index (χ0n) is 19.3. The van der Waals surface area contributed by atoms with Gasteiger partial charge in [0.15, 0.2) is 11.5 Å². The van der Waals surface area contributed by atoms with Crippen LogP contribution in [-0.2, 0) is 24.2 Å². The Hall–Kier alpha value is -3.88.